The van der Waals surface area contributed by atoms with Gasteiger partial charge in [-0.05, 0) is 57.2 Å². The van der Waals surface area contributed by atoms with E-state index in [4.69, 9.17) is 0 Å². The fourth-order valence-corrected chi connectivity index (χ4v) is 3.15. The lowest BCUT2D eigenvalue weighted by molar-refractivity contribution is 0.0875. The molecule has 0 bridgehead atoms. The van der Waals surface area contributed by atoms with Crippen LogP contribution in [0.1, 0.15) is 66.7 Å². The Labute approximate surface area is 121 Å². The molecule has 0 radical (unpaired) electrons. The van der Waals surface area contributed by atoms with E-state index < -0.39 is 0 Å². The highest BCUT2D eigenvalue weighted by atomic mass is 15.2. The lowest BCUT2D eigenvalue weighted by Crippen LogP contribution is -2.46. The van der Waals surface area contributed by atoms with E-state index >= 15 is 0 Å². The van der Waals surface area contributed by atoms with Gasteiger partial charge in [-0.2, -0.15) is 0 Å². The molecule has 1 N–H and O–H groups in total. The van der Waals surface area contributed by atoms with Crippen molar-refractivity contribution in [3.63, 3.8) is 0 Å². The Morgan fingerprint density at radius 3 is 2.32 bits per heavy atom. The first-order valence-electron chi connectivity index (χ1n) is 8.40. The molecule has 1 aliphatic heterocycles. The second-order valence-electron chi connectivity index (χ2n) is 7.44. The molecule has 1 rings (SSSR count). The van der Waals surface area contributed by atoms with Crippen molar-refractivity contribution in [2.45, 2.75) is 72.8 Å². The fraction of sp³-hybridized carbons (Fsp3) is 1.00. The molecule has 1 fully saturated rings. The zero-order valence-corrected chi connectivity index (χ0v) is 14.0. The van der Waals surface area contributed by atoms with E-state index in [9.17, 15) is 0 Å². The summed E-state index contributed by atoms with van der Waals surface area (Å²) < 4.78 is 0. The minimum absolute atomic E-state index is 0.494. The Hall–Kier alpha value is -0.0800. The molecule has 19 heavy (non-hydrogen) atoms. The highest BCUT2D eigenvalue weighted by Crippen LogP contribution is 2.34. The largest absolute Gasteiger partial charge is 0.315 e. The van der Waals surface area contributed by atoms with E-state index in [0.717, 1.165) is 12.5 Å². The van der Waals surface area contributed by atoms with Gasteiger partial charge in [0.2, 0.25) is 0 Å². The molecule has 1 saturated heterocycles. The summed E-state index contributed by atoms with van der Waals surface area (Å²) in [4.78, 5) is 2.68. The van der Waals surface area contributed by atoms with Gasteiger partial charge in [0.15, 0.2) is 0 Å². The second-order valence-corrected chi connectivity index (χ2v) is 7.44. The Bertz CT molecular complexity index is 224. The normalized spacial score (nSPS) is 20.7. The van der Waals surface area contributed by atoms with E-state index in [1.54, 1.807) is 0 Å². The van der Waals surface area contributed by atoms with Crippen LogP contribution in [-0.4, -0.2) is 37.1 Å². The van der Waals surface area contributed by atoms with Crippen molar-refractivity contribution in [1.82, 2.24) is 10.2 Å². The van der Waals surface area contributed by atoms with Gasteiger partial charge in [-0.25, -0.2) is 0 Å². The number of hydrogen-bond acceptors (Lipinski definition) is 2. The summed E-state index contributed by atoms with van der Waals surface area (Å²) in [6.07, 6.45) is 6.76. The van der Waals surface area contributed by atoms with Crippen LogP contribution in [0.4, 0.5) is 0 Å². The summed E-state index contributed by atoms with van der Waals surface area (Å²) in [5.74, 6) is 0.911. The smallest absolute Gasteiger partial charge is 0.0192 e. The number of piperidine rings is 1. The van der Waals surface area contributed by atoms with Crippen molar-refractivity contribution < 1.29 is 0 Å². The third-order valence-electron chi connectivity index (χ3n) is 4.77. The van der Waals surface area contributed by atoms with Gasteiger partial charge in [0.1, 0.15) is 0 Å². The van der Waals surface area contributed by atoms with Crippen LogP contribution in [0.25, 0.3) is 0 Å². The molecule has 0 spiro atoms. The number of hydrogen-bond donors (Lipinski definition) is 1. The van der Waals surface area contributed by atoms with Crippen LogP contribution in [0, 0.1) is 11.3 Å². The topological polar surface area (TPSA) is 15.3 Å². The summed E-state index contributed by atoms with van der Waals surface area (Å²) in [6.45, 7) is 16.8. The van der Waals surface area contributed by atoms with Gasteiger partial charge in [-0.15, -0.1) is 0 Å². The van der Waals surface area contributed by atoms with Crippen LogP contribution < -0.4 is 5.32 Å². The van der Waals surface area contributed by atoms with E-state index in [1.807, 2.05) is 0 Å². The van der Waals surface area contributed by atoms with Crippen LogP contribution >= 0.6 is 0 Å². The average Bonchev–Trinajstić information content (AvgIpc) is 2.37. The first-order valence-corrected chi connectivity index (χ1v) is 8.40. The molecule has 0 aromatic carbocycles. The molecular weight excluding hydrogens is 232 g/mol. The van der Waals surface area contributed by atoms with E-state index in [-0.39, 0.29) is 0 Å². The third-order valence-corrected chi connectivity index (χ3v) is 4.77. The molecule has 1 atom stereocenters. The molecule has 114 valence electrons. The Kier molecular flexibility index (Phi) is 7.38. The Balaban J connectivity index is 2.16. The SMILES string of the molecule is CCCCCNCC(C)N1CCC(C(C)(C)C)CC1. The monoisotopic (exact) mass is 268 g/mol. The van der Waals surface area contributed by atoms with Crippen molar-refractivity contribution in [3.05, 3.63) is 0 Å². The molecular formula is C17H36N2. The van der Waals surface area contributed by atoms with Crippen LogP contribution in [0.2, 0.25) is 0 Å². The predicted molar refractivity (Wildman–Crippen MR) is 85.6 cm³/mol. The molecule has 0 aliphatic carbocycles. The molecule has 1 aliphatic rings. The number of likely N-dealkylation sites (tertiary alicyclic amines) is 1. The van der Waals surface area contributed by atoms with E-state index in [1.165, 1.54) is 51.7 Å². The summed E-state index contributed by atoms with van der Waals surface area (Å²) in [5.41, 5.74) is 0.494. The van der Waals surface area contributed by atoms with Crippen molar-refractivity contribution in [1.29, 1.82) is 0 Å². The molecule has 0 aromatic rings. The van der Waals surface area contributed by atoms with Crippen molar-refractivity contribution in [3.8, 4) is 0 Å². The maximum atomic E-state index is 3.62. The molecule has 0 saturated carbocycles. The molecule has 2 nitrogen and oxygen atoms in total. The first kappa shape index (κ1) is 17.0. The molecule has 1 heterocycles. The van der Waals surface area contributed by atoms with Crippen LogP contribution in [0.5, 0.6) is 0 Å². The maximum absolute atomic E-state index is 3.62. The highest BCUT2D eigenvalue weighted by Gasteiger charge is 2.29. The number of rotatable bonds is 7. The van der Waals surface area contributed by atoms with Crippen LogP contribution in [-0.2, 0) is 0 Å². The number of nitrogens with one attached hydrogen (secondary N) is 1. The van der Waals surface area contributed by atoms with E-state index in [0.29, 0.717) is 11.5 Å². The zero-order chi connectivity index (χ0) is 14.3. The quantitative estimate of drug-likeness (QED) is 0.704. The first-order chi connectivity index (χ1) is 8.95. The summed E-state index contributed by atoms with van der Waals surface area (Å²) in [7, 11) is 0. The molecule has 0 amide bonds. The fourth-order valence-electron chi connectivity index (χ4n) is 3.15. The highest BCUT2D eigenvalue weighted by molar-refractivity contribution is 4.83. The summed E-state index contributed by atoms with van der Waals surface area (Å²) in [6, 6.07) is 0.697. The maximum Gasteiger partial charge on any atom is 0.0192 e. The van der Waals surface area contributed by atoms with Crippen LogP contribution in [0.15, 0.2) is 0 Å². The van der Waals surface area contributed by atoms with Gasteiger partial charge >= 0.3 is 0 Å². The lowest BCUT2D eigenvalue weighted by Gasteiger charge is -2.41. The minimum atomic E-state index is 0.494. The van der Waals surface area contributed by atoms with E-state index in [2.05, 4.69) is 44.8 Å². The van der Waals surface area contributed by atoms with Gasteiger partial charge in [0, 0.05) is 12.6 Å². The second kappa shape index (κ2) is 8.26. The molecule has 2 heteroatoms. The Morgan fingerprint density at radius 1 is 1.16 bits per heavy atom. The zero-order valence-electron chi connectivity index (χ0n) is 14.0. The Morgan fingerprint density at radius 2 is 1.79 bits per heavy atom. The van der Waals surface area contributed by atoms with Gasteiger partial charge in [0.05, 0.1) is 0 Å². The molecule has 0 aromatic heterocycles. The summed E-state index contributed by atoms with van der Waals surface area (Å²) in [5, 5.41) is 3.62. The van der Waals surface area contributed by atoms with Gasteiger partial charge in [-0.1, -0.05) is 40.5 Å². The molecule has 1 unspecified atom stereocenters. The van der Waals surface area contributed by atoms with Crippen molar-refractivity contribution in [2.75, 3.05) is 26.2 Å². The summed E-state index contributed by atoms with van der Waals surface area (Å²) >= 11 is 0. The third kappa shape index (κ3) is 6.27. The van der Waals surface area contributed by atoms with Gasteiger partial charge < -0.3 is 5.32 Å². The number of nitrogens with zero attached hydrogens (tertiary/aromatic N) is 1. The standard InChI is InChI=1S/C17H36N2/c1-6-7-8-11-18-14-15(2)19-12-9-16(10-13-19)17(3,4)5/h15-16,18H,6-14H2,1-5H3. The van der Waals surface area contributed by atoms with Crippen molar-refractivity contribution >= 4 is 0 Å². The lowest BCUT2D eigenvalue weighted by atomic mass is 9.75. The van der Waals surface area contributed by atoms with Gasteiger partial charge in [-0.3, -0.25) is 4.90 Å². The van der Waals surface area contributed by atoms with Gasteiger partial charge in [0.25, 0.3) is 0 Å². The number of unbranched alkanes of at least 4 members (excludes halogenated alkanes) is 2. The van der Waals surface area contributed by atoms with Crippen molar-refractivity contribution in [2.24, 2.45) is 11.3 Å². The predicted octanol–water partition coefficient (Wildman–Crippen LogP) is 3.91. The average molecular weight is 268 g/mol. The van der Waals surface area contributed by atoms with Crippen LogP contribution in [0.3, 0.4) is 0 Å². The minimum Gasteiger partial charge on any atom is -0.315 e.